The van der Waals surface area contributed by atoms with Crippen LogP contribution in [0.15, 0.2) is 59.8 Å². The Morgan fingerprint density at radius 1 is 1.16 bits per heavy atom. The summed E-state index contributed by atoms with van der Waals surface area (Å²) in [6, 6.07) is 12.2. The third-order valence-electron chi connectivity index (χ3n) is 5.04. The molecule has 0 saturated heterocycles. The molecule has 156 valence electrons. The van der Waals surface area contributed by atoms with Gasteiger partial charge >= 0.3 is 0 Å². The first-order chi connectivity index (χ1) is 14.9. The molecule has 0 fully saturated rings. The molecule has 10 nitrogen and oxygen atoms in total. The molecule has 2 heterocycles. The zero-order chi connectivity index (χ0) is 22.1. The molecule has 2 aromatic heterocycles. The molecule has 4 aromatic rings. The molecule has 0 radical (unpaired) electrons. The number of amides is 1. The molecular formula is C21H18N6O4. The van der Waals surface area contributed by atoms with E-state index in [2.05, 4.69) is 15.4 Å². The molecule has 0 aliphatic carbocycles. The van der Waals surface area contributed by atoms with Crippen LogP contribution >= 0.6 is 0 Å². The predicted molar refractivity (Wildman–Crippen MR) is 114 cm³/mol. The first-order valence-corrected chi connectivity index (χ1v) is 9.40. The molecular weight excluding hydrogens is 400 g/mol. The minimum absolute atomic E-state index is 0.119. The van der Waals surface area contributed by atoms with E-state index in [9.17, 15) is 19.7 Å². The Labute approximate surface area is 175 Å². The number of carbonyl (C=O) groups excluding carboxylic acids is 1. The molecule has 0 saturated carbocycles. The van der Waals surface area contributed by atoms with Gasteiger partial charge in [0.15, 0.2) is 5.65 Å². The topological polar surface area (TPSA) is 125 Å². The summed E-state index contributed by atoms with van der Waals surface area (Å²) in [6.45, 7) is 3.14. The van der Waals surface area contributed by atoms with E-state index in [4.69, 9.17) is 0 Å². The zero-order valence-electron chi connectivity index (χ0n) is 16.8. The lowest BCUT2D eigenvalue weighted by Gasteiger charge is -2.12. The van der Waals surface area contributed by atoms with Crippen molar-refractivity contribution in [1.29, 1.82) is 0 Å². The number of hydrogen-bond acceptors (Lipinski definition) is 6. The maximum Gasteiger partial charge on any atom is 0.293 e. The number of fused-ring (bicyclic) bond motifs is 1. The van der Waals surface area contributed by atoms with Gasteiger partial charge in [-0.05, 0) is 37.1 Å². The van der Waals surface area contributed by atoms with Crippen LogP contribution in [0.3, 0.4) is 0 Å². The van der Waals surface area contributed by atoms with E-state index in [0.717, 1.165) is 15.8 Å². The fraction of sp³-hybridized carbons (Fsp3) is 0.143. The fourth-order valence-corrected chi connectivity index (χ4v) is 3.26. The summed E-state index contributed by atoms with van der Waals surface area (Å²) in [6.07, 6.45) is 2.67. The van der Waals surface area contributed by atoms with Gasteiger partial charge in [0.05, 0.1) is 16.8 Å². The van der Waals surface area contributed by atoms with Crippen LogP contribution in [0.25, 0.3) is 16.7 Å². The molecule has 2 aromatic carbocycles. The van der Waals surface area contributed by atoms with Crippen molar-refractivity contribution in [3.63, 3.8) is 0 Å². The van der Waals surface area contributed by atoms with Gasteiger partial charge in [-0.15, -0.1) is 0 Å². The van der Waals surface area contributed by atoms with Crippen LogP contribution in [-0.4, -0.2) is 30.2 Å². The number of aryl methyl sites for hydroxylation is 1. The van der Waals surface area contributed by atoms with Crippen molar-refractivity contribution >= 4 is 28.3 Å². The number of carbonyl (C=O) groups is 1. The van der Waals surface area contributed by atoms with Crippen LogP contribution in [0.4, 0.5) is 11.4 Å². The summed E-state index contributed by atoms with van der Waals surface area (Å²) in [5.74, 6) is -0.574. The lowest BCUT2D eigenvalue weighted by atomic mass is 10.1. The summed E-state index contributed by atoms with van der Waals surface area (Å²) in [5, 5.41) is 18.4. The van der Waals surface area contributed by atoms with E-state index < -0.39 is 16.4 Å². The van der Waals surface area contributed by atoms with E-state index in [-0.39, 0.29) is 23.3 Å². The van der Waals surface area contributed by atoms with E-state index >= 15 is 0 Å². The van der Waals surface area contributed by atoms with Crippen molar-refractivity contribution in [2.75, 3.05) is 5.32 Å². The van der Waals surface area contributed by atoms with Gasteiger partial charge < -0.3 is 5.32 Å². The third-order valence-corrected chi connectivity index (χ3v) is 5.04. The Balaban J connectivity index is 1.64. The van der Waals surface area contributed by atoms with Gasteiger partial charge in [-0.1, -0.05) is 24.3 Å². The average Bonchev–Trinajstić information content (AvgIpc) is 3.19. The number of anilines is 1. The van der Waals surface area contributed by atoms with Gasteiger partial charge in [-0.3, -0.25) is 24.3 Å². The highest BCUT2D eigenvalue weighted by atomic mass is 16.6. The molecule has 0 aliphatic rings. The summed E-state index contributed by atoms with van der Waals surface area (Å²) in [7, 11) is 0. The Kier molecular flexibility index (Phi) is 5.04. The number of rotatable bonds is 5. The van der Waals surface area contributed by atoms with Crippen molar-refractivity contribution in [1.82, 2.24) is 19.3 Å². The number of benzene rings is 2. The highest BCUT2D eigenvalue weighted by molar-refractivity contribution is 5.94. The average molecular weight is 418 g/mol. The van der Waals surface area contributed by atoms with Crippen LogP contribution in [0.5, 0.6) is 0 Å². The van der Waals surface area contributed by atoms with E-state index in [1.54, 1.807) is 24.6 Å². The minimum atomic E-state index is -0.574. The molecule has 10 heteroatoms. The van der Waals surface area contributed by atoms with E-state index in [1.165, 1.54) is 18.6 Å². The van der Waals surface area contributed by atoms with Crippen molar-refractivity contribution < 1.29 is 9.72 Å². The van der Waals surface area contributed by atoms with Crippen LogP contribution in [0.2, 0.25) is 0 Å². The molecule has 1 amide bonds. The van der Waals surface area contributed by atoms with Gasteiger partial charge in [0.25, 0.3) is 11.2 Å². The summed E-state index contributed by atoms with van der Waals surface area (Å²) < 4.78 is 2.69. The van der Waals surface area contributed by atoms with Crippen molar-refractivity contribution in [3.05, 3.63) is 86.6 Å². The minimum Gasteiger partial charge on any atom is -0.319 e. The number of para-hydroxylation sites is 1. The molecule has 0 aliphatic heterocycles. The zero-order valence-corrected chi connectivity index (χ0v) is 16.8. The number of nitrogens with one attached hydrogen (secondary N) is 1. The van der Waals surface area contributed by atoms with Crippen molar-refractivity contribution in [3.8, 4) is 5.69 Å². The largest absolute Gasteiger partial charge is 0.319 e. The van der Waals surface area contributed by atoms with Gasteiger partial charge in [0, 0.05) is 6.07 Å². The first-order valence-electron chi connectivity index (χ1n) is 9.40. The third kappa shape index (κ3) is 3.66. The Morgan fingerprint density at radius 3 is 2.61 bits per heavy atom. The van der Waals surface area contributed by atoms with E-state index in [1.807, 2.05) is 30.3 Å². The number of aromatic nitrogens is 4. The quantitative estimate of drug-likeness (QED) is 0.392. The standard InChI is InChI=1S/C21H18N6O4/c1-13-8-9-17(27(30)31)19(14(13)2)24-18(28)11-25-12-22-20-16(21(25)29)10-23-26(20)15-6-4-3-5-7-15/h3-10,12H,11H2,1-2H3,(H,24,28). The molecule has 0 atom stereocenters. The summed E-state index contributed by atoms with van der Waals surface area (Å²) >= 11 is 0. The maximum absolute atomic E-state index is 12.8. The predicted octanol–water partition coefficient (Wildman–Crippen LogP) is 2.75. The monoisotopic (exact) mass is 418 g/mol. The molecule has 0 bridgehead atoms. The van der Waals surface area contributed by atoms with Gasteiger partial charge in [-0.2, -0.15) is 5.10 Å². The molecule has 4 rings (SSSR count). The Hall–Kier alpha value is -4.34. The SMILES string of the molecule is Cc1ccc([N+](=O)[O-])c(NC(=O)Cn2cnc3c(cnn3-c3ccccc3)c2=O)c1C. The summed E-state index contributed by atoms with van der Waals surface area (Å²) in [5.41, 5.74) is 2.00. The Morgan fingerprint density at radius 2 is 1.90 bits per heavy atom. The fourth-order valence-electron chi connectivity index (χ4n) is 3.26. The second-order valence-corrected chi connectivity index (χ2v) is 7.01. The van der Waals surface area contributed by atoms with Crippen molar-refractivity contribution in [2.45, 2.75) is 20.4 Å². The second-order valence-electron chi connectivity index (χ2n) is 7.01. The van der Waals surface area contributed by atoms with Gasteiger partial charge in [-0.25, -0.2) is 9.67 Å². The molecule has 0 spiro atoms. The first kappa shape index (κ1) is 20.0. The van der Waals surface area contributed by atoms with Crippen LogP contribution in [0, 0.1) is 24.0 Å². The smallest absolute Gasteiger partial charge is 0.293 e. The maximum atomic E-state index is 12.8. The highest BCUT2D eigenvalue weighted by Crippen LogP contribution is 2.30. The number of nitro benzene ring substituents is 1. The Bertz CT molecular complexity index is 1370. The van der Waals surface area contributed by atoms with E-state index in [0.29, 0.717) is 11.2 Å². The molecule has 0 unspecified atom stereocenters. The lowest BCUT2D eigenvalue weighted by molar-refractivity contribution is -0.384. The van der Waals surface area contributed by atoms with Gasteiger partial charge in [0.2, 0.25) is 5.91 Å². The molecule has 1 N–H and O–H groups in total. The normalized spacial score (nSPS) is 10.9. The number of nitrogens with zero attached hydrogens (tertiary/aromatic N) is 5. The summed E-state index contributed by atoms with van der Waals surface area (Å²) in [4.78, 5) is 40.5. The molecule has 31 heavy (non-hydrogen) atoms. The number of hydrogen-bond donors (Lipinski definition) is 1. The van der Waals surface area contributed by atoms with Gasteiger partial charge in [0.1, 0.15) is 23.9 Å². The van der Waals surface area contributed by atoms with Crippen LogP contribution in [-0.2, 0) is 11.3 Å². The second kappa shape index (κ2) is 7.82. The number of nitro groups is 1. The van der Waals surface area contributed by atoms with Crippen LogP contribution < -0.4 is 10.9 Å². The van der Waals surface area contributed by atoms with Crippen LogP contribution in [0.1, 0.15) is 11.1 Å². The van der Waals surface area contributed by atoms with Crippen molar-refractivity contribution in [2.24, 2.45) is 0 Å². The lowest BCUT2D eigenvalue weighted by Crippen LogP contribution is -2.28. The highest BCUT2D eigenvalue weighted by Gasteiger charge is 2.20.